The first-order valence-electron chi connectivity index (χ1n) is 5.98. The van der Waals surface area contributed by atoms with Gasteiger partial charge in [0.15, 0.2) is 5.82 Å². The third-order valence-electron chi connectivity index (χ3n) is 3.37. The molecule has 0 amide bonds. The topological polar surface area (TPSA) is 96.6 Å². The predicted molar refractivity (Wildman–Crippen MR) is 69.3 cm³/mol. The largest absolute Gasteiger partial charge is 0.335 e. The van der Waals surface area contributed by atoms with E-state index in [-0.39, 0.29) is 12.1 Å². The van der Waals surface area contributed by atoms with Gasteiger partial charge < -0.3 is 10.6 Å². The second-order valence-electron chi connectivity index (χ2n) is 4.51. The smallest absolute Gasteiger partial charge is 0.245 e. The zero-order valence-corrected chi connectivity index (χ0v) is 10.9. The van der Waals surface area contributed by atoms with Crippen LogP contribution in [0.15, 0.2) is 6.20 Å². The van der Waals surface area contributed by atoms with E-state index in [4.69, 9.17) is 5.73 Å². The lowest BCUT2D eigenvalue weighted by molar-refractivity contribution is 0.416. The summed E-state index contributed by atoms with van der Waals surface area (Å²) >= 11 is 1.30. The summed E-state index contributed by atoms with van der Waals surface area (Å²) in [5.41, 5.74) is 6.08. The third-order valence-corrected chi connectivity index (χ3v) is 4.04. The average molecular weight is 265 g/mol. The molecule has 0 bridgehead atoms. The Morgan fingerprint density at radius 2 is 2.44 bits per heavy atom. The maximum atomic E-state index is 6.08. The van der Waals surface area contributed by atoms with Crippen LogP contribution in [0.25, 0.3) is 10.7 Å². The second-order valence-corrected chi connectivity index (χ2v) is 5.29. The average Bonchev–Trinajstić information content (AvgIpc) is 3.01. The quantitative estimate of drug-likeness (QED) is 0.827. The summed E-state index contributed by atoms with van der Waals surface area (Å²) in [5, 5.41) is 11.0. The van der Waals surface area contributed by atoms with Gasteiger partial charge in [0.2, 0.25) is 5.95 Å². The highest BCUT2D eigenvalue weighted by atomic mass is 32.1. The molecule has 0 radical (unpaired) electrons. The van der Waals surface area contributed by atoms with Gasteiger partial charge in [0, 0.05) is 18.6 Å². The summed E-state index contributed by atoms with van der Waals surface area (Å²) in [6.45, 7) is 3.07. The van der Waals surface area contributed by atoms with Crippen LogP contribution in [0, 0.1) is 0 Å². The van der Waals surface area contributed by atoms with Crippen LogP contribution in [-0.4, -0.2) is 43.4 Å². The minimum absolute atomic E-state index is 0.186. The molecule has 3 rings (SSSR count). The Hall–Kier alpha value is -1.54. The van der Waals surface area contributed by atoms with Crippen molar-refractivity contribution in [3.05, 3.63) is 6.20 Å². The number of nitrogens with two attached hydrogens (primary N) is 1. The van der Waals surface area contributed by atoms with Gasteiger partial charge in [-0.1, -0.05) is 4.49 Å². The summed E-state index contributed by atoms with van der Waals surface area (Å²) in [5.74, 6) is 1.42. The molecule has 1 aliphatic heterocycles. The van der Waals surface area contributed by atoms with Gasteiger partial charge >= 0.3 is 0 Å². The highest BCUT2D eigenvalue weighted by molar-refractivity contribution is 7.09. The highest BCUT2D eigenvalue weighted by Gasteiger charge is 2.27. The molecule has 96 valence electrons. The predicted octanol–water partition coefficient (Wildman–Crippen LogP) is 0.639. The maximum Gasteiger partial charge on any atom is 0.245 e. The van der Waals surface area contributed by atoms with Crippen molar-refractivity contribution in [2.75, 3.05) is 11.4 Å². The number of piperidine rings is 1. The van der Waals surface area contributed by atoms with Crippen molar-refractivity contribution in [3.8, 4) is 10.7 Å². The summed E-state index contributed by atoms with van der Waals surface area (Å²) < 4.78 is 3.82. The van der Waals surface area contributed by atoms with E-state index in [1.807, 2.05) is 0 Å². The molecule has 2 aromatic rings. The Balaban J connectivity index is 1.84. The van der Waals surface area contributed by atoms with Crippen molar-refractivity contribution in [1.29, 1.82) is 0 Å². The van der Waals surface area contributed by atoms with Crippen LogP contribution in [0.1, 0.15) is 19.8 Å². The minimum atomic E-state index is 0.186. The van der Waals surface area contributed by atoms with Crippen LogP contribution < -0.4 is 10.6 Å². The lowest BCUT2D eigenvalue weighted by atomic mass is 9.99. The monoisotopic (exact) mass is 265 g/mol. The molecule has 2 unspecified atom stereocenters. The second kappa shape index (κ2) is 4.62. The van der Waals surface area contributed by atoms with Gasteiger partial charge in [-0.3, -0.25) is 5.10 Å². The Morgan fingerprint density at radius 3 is 3.22 bits per heavy atom. The van der Waals surface area contributed by atoms with E-state index in [0.29, 0.717) is 11.8 Å². The Labute approximate surface area is 109 Å². The fraction of sp³-hybridized carbons (Fsp3) is 0.600. The van der Waals surface area contributed by atoms with Gasteiger partial charge in [-0.15, -0.1) is 10.2 Å². The number of rotatable bonds is 2. The molecule has 1 saturated heterocycles. The zero-order chi connectivity index (χ0) is 12.5. The van der Waals surface area contributed by atoms with Crippen molar-refractivity contribution in [2.45, 2.75) is 31.8 Å². The van der Waals surface area contributed by atoms with Crippen molar-refractivity contribution in [3.63, 3.8) is 0 Å². The van der Waals surface area contributed by atoms with Crippen molar-refractivity contribution >= 4 is 17.5 Å². The van der Waals surface area contributed by atoms with Crippen LogP contribution in [0.4, 0.5) is 5.95 Å². The maximum absolute atomic E-state index is 6.08. The molecular formula is C10H15N7S. The lowest BCUT2D eigenvalue weighted by Gasteiger charge is -2.36. The van der Waals surface area contributed by atoms with Gasteiger partial charge in [-0.2, -0.15) is 4.98 Å². The van der Waals surface area contributed by atoms with E-state index in [0.717, 1.165) is 24.3 Å². The zero-order valence-electron chi connectivity index (χ0n) is 10.1. The Morgan fingerprint density at radius 1 is 1.56 bits per heavy atom. The van der Waals surface area contributed by atoms with Crippen LogP contribution >= 0.6 is 11.5 Å². The molecule has 2 aromatic heterocycles. The number of nitrogens with zero attached hydrogens (tertiary/aromatic N) is 5. The number of aromatic nitrogens is 5. The first-order valence-corrected chi connectivity index (χ1v) is 6.75. The number of aromatic amines is 1. The number of H-pyrrole nitrogens is 1. The number of anilines is 1. The molecular weight excluding hydrogens is 250 g/mol. The summed E-state index contributed by atoms with van der Waals surface area (Å²) in [6, 6.07) is 0.452. The molecule has 3 N–H and O–H groups in total. The van der Waals surface area contributed by atoms with Gasteiger partial charge in [-0.05, 0) is 31.3 Å². The lowest BCUT2D eigenvalue weighted by Crippen LogP contribution is -2.50. The van der Waals surface area contributed by atoms with Gasteiger partial charge in [0.05, 0.1) is 6.20 Å². The van der Waals surface area contributed by atoms with Crippen molar-refractivity contribution in [2.24, 2.45) is 5.73 Å². The number of nitrogens with one attached hydrogen (secondary N) is 1. The number of hydrogen-bond acceptors (Lipinski definition) is 7. The molecule has 18 heavy (non-hydrogen) atoms. The SMILES string of the molecule is CC1C(N)CCCN1c1n[nH]c(-c2cnns2)n1. The molecule has 8 heteroatoms. The molecule has 7 nitrogen and oxygen atoms in total. The first kappa shape index (κ1) is 11.5. The summed E-state index contributed by atoms with van der Waals surface area (Å²) in [4.78, 5) is 7.54. The molecule has 0 saturated carbocycles. The van der Waals surface area contributed by atoms with E-state index < -0.39 is 0 Å². The van der Waals surface area contributed by atoms with E-state index in [9.17, 15) is 0 Å². The molecule has 0 aromatic carbocycles. The Kier molecular flexibility index (Phi) is 2.96. The van der Waals surface area contributed by atoms with E-state index in [1.165, 1.54) is 11.5 Å². The summed E-state index contributed by atoms with van der Waals surface area (Å²) in [7, 11) is 0. The fourth-order valence-electron chi connectivity index (χ4n) is 2.22. The van der Waals surface area contributed by atoms with Crippen LogP contribution in [0.5, 0.6) is 0 Å². The minimum Gasteiger partial charge on any atom is -0.335 e. The van der Waals surface area contributed by atoms with E-state index >= 15 is 0 Å². The molecule has 1 fully saturated rings. The van der Waals surface area contributed by atoms with Gasteiger partial charge in [-0.25, -0.2) is 0 Å². The third kappa shape index (κ3) is 1.97. The Bertz CT molecular complexity index is 508. The van der Waals surface area contributed by atoms with Crippen LogP contribution in [0.3, 0.4) is 0 Å². The van der Waals surface area contributed by atoms with E-state index in [2.05, 4.69) is 36.6 Å². The van der Waals surface area contributed by atoms with Crippen LogP contribution in [-0.2, 0) is 0 Å². The highest BCUT2D eigenvalue weighted by Crippen LogP contribution is 2.24. The normalized spacial score (nSPS) is 24.4. The molecule has 3 heterocycles. The molecule has 0 spiro atoms. The molecule has 2 atom stereocenters. The molecule has 0 aliphatic carbocycles. The van der Waals surface area contributed by atoms with Crippen molar-refractivity contribution in [1.82, 2.24) is 24.8 Å². The van der Waals surface area contributed by atoms with Gasteiger partial charge in [0.1, 0.15) is 4.88 Å². The fourth-order valence-corrected chi connectivity index (χ4v) is 2.67. The molecule has 1 aliphatic rings. The van der Waals surface area contributed by atoms with Crippen LogP contribution in [0.2, 0.25) is 0 Å². The number of hydrogen-bond donors (Lipinski definition) is 2. The first-order chi connectivity index (χ1) is 8.75. The van der Waals surface area contributed by atoms with Gasteiger partial charge in [0.25, 0.3) is 0 Å². The summed E-state index contributed by atoms with van der Waals surface area (Å²) in [6.07, 6.45) is 3.82. The van der Waals surface area contributed by atoms with E-state index in [1.54, 1.807) is 6.20 Å². The standard InChI is InChI=1S/C10H15N7S/c1-6-7(11)3-2-4-17(6)10-13-9(14-15-10)8-5-12-16-18-8/h5-7H,2-4,11H2,1H3,(H,13,14,15). The van der Waals surface area contributed by atoms with Crippen molar-refractivity contribution < 1.29 is 0 Å².